The number of anilines is 1. The molecule has 0 saturated carbocycles. The molecule has 2 rings (SSSR count). The fourth-order valence-electron chi connectivity index (χ4n) is 2.21. The number of carbonyl (C=O) groups excluding carboxylic acids is 2. The second kappa shape index (κ2) is 7.85. The number of halogens is 1. The maximum absolute atomic E-state index is 12.3. The van der Waals surface area contributed by atoms with Crippen molar-refractivity contribution in [2.24, 2.45) is 0 Å². The molecule has 0 bridgehead atoms. The van der Waals surface area contributed by atoms with Gasteiger partial charge in [0.25, 0.3) is 5.91 Å². The minimum Gasteiger partial charge on any atom is -0.468 e. The number of benzene rings is 1. The first-order valence-corrected chi connectivity index (χ1v) is 6.54. The number of nitrogens with zero attached hydrogens (tertiary/aromatic N) is 2. The SMILES string of the molecule is COC(=O)CN1CCN(C(=O)c2cccc(N)c2)CC1.Cl. The van der Waals surface area contributed by atoms with Gasteiger partial charge in [-0.1, -0.05) is 6.07 Å². The molecule has 0 aliphatic carbocycles. The lowest BCUT2D eigenvalue weighted by Gasteiger charge is -2.34. The molecule has 0 unspecified atom stereocenters. The standard InChI is InChI=1S/C14H19N3O3.ClH/c1-20-13(18)10-16-5-7-17(8-6-16)14(19)11-3-2-4-12(15)9-11;/h2-4,9H,5-8,10,15H2,1H3;1H. The van der Waals surface area contributed by atoms with Crippen molar-refractivity contribution in [1.29, 1.82) is 0 Å². The molecule has 0 aromatic heterocycles. The van der Waals surface area contributed by atoms with E-state index in [1.165, 1.54) is 7.11 Å². The van der Waals surface area contributed by atoms with Crippen molar-refractivity contribution in [3.05, 3.63) is 29.8 Å². The van der Waals surface area contributed by atoms with Crippen molar-refractivity contribution >= 4 is 30.0 Å². The first kappa shape index (κ1) is 17.3. The van der Waals surface area contributed by atoms with Crippen LogP contribution < -0.4 is 5.73 Å². The molecule has 1 aliphatic heterocycles. The molecule has 6 nitrogen and oxygen atoms in total. The van der Waals surface area contributed by atoms with E-state index in [9.17, 15) is 9.59 Å². The van der Waals surface area contributed by atoms with Crippen LogP contribution in [0.25, 0.3) is 0 Å². The molecule has 0 spiro atoms. The van der Waals surface area contributed by atoms with E-state index >= 15 is 0 Å². The number of nitrogen functional groups attached to an aromatic ring is 1. The van der Waals surface area contributed by atoms with E-state index in [4.69, 9.17) is 5.73 Å². The van der Waals surface area contributed by atoms with Gasteiger partial charge in [0, 0.05) is 37.4 Å². The van der Waals surface area contributed by atoms with Crippen molar-refractivity contribution in [3.63, 3.8) is 0 Å². The third-order valence-corrected chi connectivity index (χ3v) is 3.37. The van der Waals surface area contributed by atoms with E-state index in [1.54, 1.807) is 29.2 Å². The van der Waals surface area contributed by atoms with Crippen LogP contribution in [0.2, 0.25) is 0 Å². The molecular formula is C14H20ClN3O3. The van der Waals surface area contributed by atoms with Crippen LogP contribution in [-0.2, 0) is 9.53 Å². The highest BCUT2D eigenvalue weighted by atomic mass is 35.5. The maximum Gasteiger partial charge on any atom is 0.319 e. The molecule has 116 valence electrons. The van der Waals surface area contributed by atoms with E-state index < -0.39 is 0 Å². The zero-order chi connectivity index (χ0) is 14.5. The van der Waals surface area contributed by atoms with Gasteiger partial charge in [0.15, 0.2) is 0 Å². The summed E-state index contributed by atoms with van der Waals surface area (Å²) in [6, 6.07) is 6.98. The summed E-state index contributed by atoms with van der Waals surface area (Å²) in [7, 11) is 1.38. The van der Waals surface area contributed by atoms with Gasteiger partial charge in [-0.15, -0.1) is 12.4 Å². The van der Waals surface area contributed by atoms with Gasteiger partial charge in [-0.25, -0.2) is 0 Å². The summed E-state index contributed by atoms with van der Waals surface area (Å²) in [5, 5.41) is 0. The summed E-state index contributed by atoms with van der Waals surface area (Å²) in [4.78, 5) is 27.3. The molecule has 21 heavy (non-hydrogen) atoms. The van der Waals surface area contributed by atoms with E-state index in [-0.39, 0.29) is 30.8 Å². The van der Waals surface area contributed by atoms with Crippen LogP contribution in [0.5, 0.6) is 0 Å². The molecular weight excluding hydrogens is 294 g/mol. The first-order chi connectivity index (χ1) is 9.60. The lowest BCUT2D eigenvalue weighted by molar-refractivity contribution is -0.142. The Morgan fingerprint density at radius 2 is 1.90 bits per heavy atom. The van der Waals surface area contributed by atoms with Gasteiger partial charge in [0.05, 0.1) is 13.7 Å². The zero-order valence-electron chi connectivity index (χ0n) is 11.9. The summed E-state index contributed by atoms with van der Waals surface area (Å²) in [6.45, 7) is 2.82. The monoisotopic (exact) mass is 313 g/mol. The number of carbonyl (C=O) groups is 2. The largest absolute Gasteiger partial charge is 0.468 e. The van der Waals surface area contributed by atoms with Crippen LogP contribution in [0.1, 0.15) is 10.4 Å². The predicted octanol–water partition coefficient (Wildman–Crippen LogP) is 0.621. The Kier molecular flexibility index (Phi) is 6.45. The average Bonchev–Trinajstić information content (AvgIpc) is 2.47. The molecule has 1 aromatic rings. The number of methoxy groups -OCH3 is 1. The van der Waals surface area contributed by atoms with Crippen LogP contribution in [0, 0.1) is 0 Å². The highest BCUT2D eigenvalue weighted by Gasteiger charge is 2.23. The molecule has 1 aromatic carbocycles. The second-order valence-corrected chi connectivity index (χ2v) is 4.77. The normalized spacial score (nSPS) is 15.2. The average molecular weight is 314 g/mol. The molecule has 7 heteroatoms. The number of esters is 1. The van der Waals surface area contributed by atoms with Crippen molar-refractivity contribution in [2.75, 3.05) is 45.6 Å². The lowest BCUT2D eigenvalue weighted by atomic mass is 10.1. The van der Waals surface area contributed by atoms with Crippen LogP contribution in [0.4, 0.5) is 5.69 Å². The minimum atomic E-state index is -0.249. The third-order valence-electron chi connectivity index (χ3n) is 3.37. The molecule has 0 radical (unpaired) electrons. The van der Waals surface area contributed by atoms with E-state index in [0.29, 0.717) is 37.4 Å². The Morgan fingerprint density at radius 3 is 2.48 bits per heavy atom. The summed E-state index contributed by atoms with van der Waals surface area (Å²) >= 11 is 0. The van der Waals surface area contributed by atoms with Crippen LogP contribution in [0.15, 0.2) is 24.3 Å². The van der Waals surface area contributed by atoms with Gasteiger partial charge >= 0.3 is 5.97 Å². The zero-order valence-corrected chi connectivity index (χ0v) is 12.8. The number of rotatable bonds is 3. The highest BCUT2D eigenvalue weighted by molar-refractivity contribution is 5.95. The molecule has 1 saturated heterocycles. The second-order valence-electron chi connectivity index (χ2n) is 4.77. The van der Waals surface area contributed by atoms with Gasteiger partial charge in [0.1, 0.15) is 0 Å². The fraction of sp³-hybridized carbons (Fsp3) is 0.429. The Balaban J connectivity index is 0.00000220. The number of hydrogen-bond donors (Lipinski definition) is 1. The van der Waals surface area contributed by atoms with E-state index in [2.05, 4.69) is 4.74 Å². The predicted molar refractivity (Wildman–Crippen MR) is 82.5 cm³/mol. The summed E-state index contributed by atoms with van der Waals surface area (Å²) < 4.78 is 4.63. The van der Waals surface area contributed by atoms with E-state index in [1.807, 2.05) is 4.90 Å². The van der Waals surface area contributed by atoms with Gasteiger partial charge in [-0.2, -0.15) is 0 Å². The summed E-state index contributed by atoms with van der Waals surface area (Å²) in [5.41, 5.74) is 6.87. The van der Waals surface area contributed by atoms with Crippen molar-refractivity contribution in [1.82, 2.24) is 9.80 Å². The maximum atomic E-state index is 12.3. The Bertz CT molecular complexity index is 502. The summed E-state index contributed by atoms with van der Waals surface area (Å²) in [5.74, 6) is -0.268. The molecule has 1 aliphatic rings. The Morgan fingerprint density at radius 1 is 1.24 bits per heavy atom. The molecule has 0 atom stereocenters. The van der Waals surface area contributed by atoms with Crippen LogP contribution >= 0.6 is 12.4 Å². The lowest BCUT2D eigenvalue weighted by Crippen LogP contribution is -2.50. The van der Waals surface area contributed by atoms with Gasteiger partial charge in [-0.3, -0.25) is 14.5 Å². The van der Waals surface area contributed by atoms with E-state index in [0.717, 1.165) is 0 Å². The topological polar surface area (TPSA) is 75.9 Å². The van der Waals surface area contributed by atoms with Gasteiger partial charge < -0.3 is 15.4 Å². The number of ether oxygens (including phenoxy) is 1. The number of piperazine rings is 1. The van der Waals surface area contributed by atoms with Crippen molar-refractivity contribution in [2.45, 2.75) is 0 Å². The van der Waals surface area contributed by atoms with Crippen molar-refractivity contribution < 1.29 is 14.3 Å². The van der Waals surface area contributed by atoms with Crippen LogP contribution in [0.3, 0.4) is 0 Å². The van der Waals surface area contributed by atoms with Crippen LogP contribution in [-0.4, -0.2) is 61.5 Å². The third kappa shape index (κ3) is 4.61. The first-order valence-electron chi connectivity index (χ1n) is 6.54. The van der Waals surface area contributed by atoms with Gasteiger partial charge in [0.2, 0.25) is 0 Å². The molecule has 1 amide bonds. The number of hydrogen-bond acceptors (Lipinski definition) is 5. The quantitative estimate of drug-likeness (QED) is 0.654. The summed E-state index contributed by atoms with van der Waals surface area (Å²) in [6.07, 6.45) is 0. The number of amides is 1. The molecule has 2 N–H and O–H groups in total. The fourth-order valence-corrected chi connectivity index (χ4v) is 2.21. The number of nitrogens with two attached hydrogens (primary N) is 1. The Hall–Kier alpha value is -1.79. The smallest absolute Gasteiger partial charge is 0.319 e. The minimum absolute atomic E-state index is 0. The van der Waals surface area contributed by atoms with Gasteiger partial charge in [-0.05, 0) is 18.2 Å². The molecule has 1 heterocycles. The van der Waals surface area contributed by atoms with Crippen molar-refractivity contribution in [3.8, 4) is 0 Å². The molecule has 1 fully saturated rings. The highest BCUT2D eigenvalue weighted by Crippen LogP contribution is 2.11. The Labute approximate surface area is 130 Å².